The number of nitrogens with one attached hydrogen (secondary N) is 2. The van der Waals surface area contributed by atoms with Crippen molar-refractivity contribution < 1.29 is 18.0 Å². The number of pyridine rings is 1. The summed E-state index contributed by atoms with van der Waals surface area (Å²) in [6, 6.07) is 4.45. The van der Waals surface area contributed by atoms with E-state index in [-0.39, 0.29) is 16.5 Å². The van der Waals surface area contributed by atoms with Crippen LogP contribution in [0.1, 0.15) is 5.69 Å². The van der Waals surface area contributed by atoms with Crippen LogP contribution in [-0.4, -0.2) is 50.9 Å². The Morgan fingerprint density at radius 3 is 2.79 bits per heavy atom. The molecule has 2 aromatic rings. The number of carbonyl (C=O) groups excluding carboxylic acids is 1. The highest BCUT2D eigenvalue weighted by molar-refractivity contribution is 6.31. The maximum atomic E-state index is 13.9. The van der Waals surface area contributed by atoms with Crippen LogP contribution in [0, 0.1) is 12.3 Å². The number of alkyl halides is 3. The SMILES string of the molecule is Cc1cn2c(N=C(C(=CN)C(=O)NC3=CC(Cl)=CN(/N=C\C=N)N=C3)C(F)(F)F)cccc2n1. The van der Waals surface area contributed by atoms with Gasteiger partial charge < -0.3 is 16.5 Å². The van der Waals surface area contributed by atoms with Gasteiger partial charge in [-0.3, -0.25) is 9.20 Å². The maximum Gasteiger partial charge on any atom is 0.434 e. The Morgan fingerprint density at radius 1 is 1.35 bits per heavy atom. The lowest BCUT2D eigenvalue weighted by atomic mass is 10.1. The standard InChI is InChI=1S/C20H17ClF3N9O/c1-12-10-32-16(29-12)3-2-4-17(32)31-18(20(22,23)24)15(8-26)19(34)30-14-7-13(21)11-33(28-9-14)27-6-5-25/h2-11,25H,26H2,1H3,(H,30,34)/b15-8?,25-5?,27-6-,31-18?. The van der Waals surface area contributed by atoms with Crippen molar-refractivity contribution in [1.29, 1.82) is 5.41 Å². The third-order valence-electron chi connectivity index (χ3n) is 4.12. The maximum absolute atomic E-state index is 13.9. The Balaban J connectivity index is 1.95. The van der Waals surface area contributed by atoms with E-state index in [1.54, 1.807) is 13.0 Å². The molecule has 3 heterocycles. The zero-order valence-corrected chi connectivity index (χ0v) is 18.2. The minimum atomic E-state index is -5.01. The van der Waals surface area contributed by atoms with E-state index in [2.05, 4.69) is 25.5 Å². The highest BCUT2D eigenvalue weighted by atomic mass is 35.5. The van der Waals surface area contributed by atoms with Gasteiger partial charge in [-0.25, -0.2) is 9.98 Å². The van der Waals surface area contributed by atoms with Crippen LogP contribution in [-0.2, 0) is 4.79 Å². The van der Waals surface area contributed by atoms with Gasteiger partial charge in [0.2, 0.25) is 0 Å². The highest BCUT2D eigenvalue weighted by Gasteiger charge is 2.41. The number of hydrogen-bond donors (Lipinski definition) is 3. The number of nitrogens with zero attached hydrogens (tertiary/aromatic N) is 6. The van der Waals surface area contributed by atoms with Gasteiger partial charge in [-0.1, -0.05) is 17.7 Å². The molecule has 0 saturated carbocycles. The molecular formula is C20H17ClF3N9O. The van der Waals surface area contributed by atoms with Crippen molar-refractivity contribution in [1.82, 2.24) is 19.8 Å². The minimum Gasteiger partial charge on any atom is -0.404 e. The summed E-state index contributed by atoms with van der Waals surface area (Å²) in [5.41, 5.74) is 3.93. The number of imidazole rings is 1. The van der Waals surface area contributed by atoms with E-state index in [1.165, 1.54) is 35.0 Å². The van der Waals surface area contributed by atoms with Crippen LogP contribution in [0.3, 0.4) is 0 Å². The molecule has 3 rings (SSSR count). The van der Waals surface area contributed by atoms with Crippen molar-refractivity contribution in [2.45, 2.75) is 13.1 Å². The quantitative estimate of drug-likeness (QED) is 0.422. The van der Waals surface area contributed by atoms with Crippen LogP contribution < -0.4 is 11.1 Å². The van der Waals surface area contributed by atoms with Gasteiger partial charge in [0, 0.05) is 18.6 Å². The van der Waals surface area contributed by atoms with Crippen molar-refractivity contribution in [2.24, 2.45) is 20.9 Å². The van der Waals surface area contributed by atoms with Crippen LogP contribution in [0.2, 0.25) is 0 Å². The lowest BCUT2D eigenvalue weighted by Gasteiger charge is -2.14. The monoisotopic (exact) mass is 491 g/mol. The zero-order chi connectivity index (χ0) is 24.9. The van der Waals surface area contributed by atoms with Gasteiger partial charge in [0.1, 0.15) is 11.5 Å². The van der Waals surface area contributed by atoms with E-state index in [9.17, 15) is 18.0 Å². The predicted octanol–water partition coefficient (Wildman–Crippen LogP) is 3.14. The molecule has 0 fully saturated rings. The van der Waals surface area contributed by atoms with Crippen LogP contribution in [0.15, 0.2) is 74.4 Å². The van der Waals surface area contributed by atoms with Gasteiger partial charge in [-0.15, -0.1) is 0 Å². The molecule has 176 valence electrons. The van der Waals surface area contributed by atoms with Gasteiger partial charge in [0.25, 0.3) is 5.91 Å². The molecule has 1 aliphatic rings. The topological polar surface area (TPSA) is 137 Å². The number of aromatic nitrogens is 2. The van der Waals surface area contributed by atoms with Crippen molar-refractivity contribution in [3.8, 4) is 0 Å². The van der Waals surface area contributed by atoms with Crippen molar-refractivity contribution in [2.75, 3.05) is 0 Å². The summed E-state index contributed by atoms with van der Waals surface area (Å²) >= 11 is 6.02. The molecule has 0 aliphatic carbocycles. The third kappa shape index (κ3) is 5.75. The fourth-order valence-corrected chi connectivity index (χ4v) is 2.99. The second kappa shape index (κ2) is 10.1. The average Bonchev–Trinajstić information content (AvgIpc) is 3.06. The van der Waals surface area contributed by atoms with Crippen molar-refractivity contribution in [3.05, 3.63) is 64.9 Å². The Bertz CT molecular complexity index is 1300. The normalized spacial score (nSPS) is 15.4. The Labute approximate surface area is 195 Å². The summed E-state index contributed by atoms with van der Waals surface area (Å²) in [7, 11) is 0. The molecule has 2 aromatic heterocycles. The summed E-state index contributed by atoms with van der Waals surface area (Å²) in [4.78, 5) is 20.7. The van der Waals surface area contributed by atoms with E-state index in [4.69, 9.17) is 22.7 Å². The second-order valence-corrected chi connectivity index (χ2v) is 7.03. The molecule has 34 heavy (non-hydrogen) atoms. The molecule has 1 aliphatic heterocycles. The summed E-state index contributed by atoms with van der Waals surface area (Å²) in [6.45, 7) is 1.68. The Morgan fingerprint density at radius 2 is 2.12 bits per heavy atom. The number of fused-ring (bicyclic) bond motifs is 1. The molecule has 10 nitrogen and oxygen atoms in total. The molecule has 14 heteroatoms. The second-order valence-electron chi connectivity index (χ2n) is 6.60. The van der Waals surface area contributed by atoms with Gasteiger partial charge in [0.05, 0.1) is 40.6 Å². The number of aryl methyl sites for hydroxylation is 1. The molecule has 0 bridgehead atoms. The van der Waals surface area contributed by atoms with Crippen LogP contribution in [0.5, 0.6) is 0 Å². The van der Waals surface area contributed by atoms with Crippen LogP contribution in [0.25, 0.3) is 5.65 Å². The largest absolute Gasteiger partial charge is 0.434 e. The number of rotatable bonds is 6. The predicted molar refractivity (Wildman–Crippen MR) is 123 cm³/mol. The zero-order valence-electron chi connectivity index (χ0n) is 17.5. The number of aliphatic imine (C=N–C) groups is 1. The molecule has 0 unspecified atom stereocenters. The Hall–Kier alpha value is -4.26. The summed E-state index contributed by atoms with van der Waals surface area (Å²) < 4.78 is 43.2. The molecule has 0 radical (unpaired) electrons. The number of hydrazone groups is 2. The van der Waals surface area contributed by atoms with Gasteiger partial charge >= 0.3 is 6.18 Å². The molecule has 1 amide bonds. The molecule has 0 atom stereocenters. The van der Waals surface area contributed by atoms with E-state index < -0.39 is 23.4 Å². The minimum absolute atomic E-state index is 0.0352. The molecule has 0 spiro atoms. The summed E-state index contributed by atoms with van der Waals surface area (Å²) in [5.74, 6) is -1.29. The molecule has 4 N–H and O–H groups in total. The first-order valence-corrected chi connectivity index (χ1v) is 9.79. The van der Waals surface area contributed by atoms with E-state index in [0.29, 0.717) is 17.5 Å². The smallest absolute Gasteiger partial charge is 0.404 e. The number of carbonyl (C=O) groups is 1. The van der Waals surface area contributed by atoms with Gasteiger partial charge in [-0.2, -0.15) is 28.5 Å². The van der Waals surface area contributed by atoms with Crippen molar-refractivity contribution in [3.63, 3.8) is 0 Å². The summed E-state index contributed by atoms with van der Waals surface area (Å²) in [6.07, 6.45) is 2.66. The number of allylic oxidation sites excluding steroid dienone is 3. The summed E-state index contributed by atoms with van der Waals surface area (Å²) in [5, 5.41) is 17.9. The lowest BCUT2D eigenvalue weighted by Crippen LogP contribution is -2.35. The number of nitrogens with two attached hydrogens (primary N) is 1. The Kier molecular flexibility index (Phi) is 7.26. The molecular weight excluding hydrogens is 475 g/mol. The van der Waals surface area contributed by atoms with Crippen LogP contribution >= 0.6 is 11.6 Å². The highest BCUT2D eigenvalue weighted by Crippen LogP contribution is 2.27. The fraction of sp³-hybridized carbons (Fsp3) is 0.100. The number of hydrogen-bond acceptors (Lipinski definition) is 8. The molecule has 0 saturated heterocycles. The first-order chi connectivity index (χ1) is 16.1. The number of halogens is 4. The first-order valence-electron chi connectivity index (χ1n) is 9.42. The van der Waals surface area contributed by atoms with Gasteiger partial charge in [0.15, 0.2) is 5.71 Å². The number of amides is 1. The molecule has 0 aromatic carbocycles. The van der Waals surface area contributed by atoms with E-state index >= 15 is 0 Å². The third-order valence-corrected chi connectivity index (χ3v) is 4.32. The fourth-order valence-electron chi connectivity index (χ4n) is 2.78. The van der Waals surface area contributed by atoms with Gasteiger partial charge in [-0.05, 0) is 25.1 Å². The van der Waals surface area contributed by atoms with E-state index in [0.717, 1.165) is 23.8 Å². The average molecular weight is 492 g/mol. The lowest BCUT2D eigenvalue weighted by molar-refractivity contribution is -0.116. The van der Waals surface area contributed by atoms with E-state index in [1.807, 2.05) is 0 Å². The first kappa shape index (κ1) is 24.4. The van der Waals surface area contributed by atoms with Crippen molar-refractivity contribution >= 4 is 53.3 Å². The van der Waals surface area contributed by atoms with Crippen LogP contribution in [0.4, 0.5) is 19.0 Å².